The highest BCUT2D eigenvalue weighted by Crippen LogP contribution is 2.41. The van der Waals surface area contributed by atoms with Crippen LogP contribution in [0.2, 0.25) is 0 Å². The lowest BCUT2D eigenvalue weighted by atomic mass is 10.0. The third-order valence-corrected chi connectivity index (χ3v) is 6.14. The van der Waals surface area contributed by atoms with Crippen molar-refractivity contribution in [2.24, 2.45) is 0 Å². The Kier molecular flexibility index (Phi) is 5.15. The van der Waals surface area contributed by atoms with E-state index in [9.17, 15) is 4.79 Å². The third kappa shape index (κ3) is 3.50. The van der Waals surface area contributed by atoms with Gasteiger partial charge in [-0.15, -0.1) is 11.3 Å². The van der Waals surface area contributed by atoms with Crippen LogP contribution in [0.15, 0.2) is 47.8 Å². The van der Waals surface area contributed by atoms with Gasteiger partial charge >= 0.3 is 0 Å². The molecule has 3 heterocycles. The summed E-state index contributed by atoms with van der Waals surface area (Å²) >= 11 is 1.80. The average Bonchev–Trinajstić information content (AvgIpc) is 3.35. The molecule has 132 valence electrons. The molecule has 2 saturated heterocycles. The number of nitrogens with zero attached hydrogens (tertiary/aromatic N) is 2. The number of thiophene rings is 1. The van der Waals surface area contributed by atoms with E-state index in [1.165, 1.54) is 4.88 Å². The van der Waals surface area contributed by atoms with Gasteiger partial charge in [0.2, 0.25) is 5.91 Å². The quantitative estimate of drug-likeness (QED) is 0.841. The molecule has 2 aromatic rings. The molecule has 0 saturated carbocycles. The fraction of sp³-hybridized carbons (Fsp3) is 0.450. The van der Waals surface area contributed by atoms with Gasteiger partial charge in [-0.25, -0.2) is 0 Å². The number of benzene rings is 1. The Balaban J connectivity index is 1.66. The summed E-state index contributed by atoms with van der Waals surface area (Å²) in [5.74, 6) is 0.220. The van der Waals surface area contributed by atoms with Crippen molar-refractivity contribution in [2.75, 3.05) is 32.8 Å². The Morgan fingerprint density at radius 2 is 1.88 bits per heavy atom. The topological polar surface area (TPSA) is 32.8 Å². The van der Waals surface area contributed by atoms with Crippen molar-refractivity contribution in [1.29, 1.82) is 0 Å². The number of rotatable bonds is 4. The van der Waals surface area contributed by atoms with E-state index in [1.807, 2.05) is 23.1 Å². The van der Waals surface area contributed by atoms with Gasteiger partial charge in [0.25, 0.3) is 0 Å². The minimum atomic E-state index is -0.200. The molecular formula is C20H24N2O2S. The zero-order valence-electron chi connectivity index (χ0n) is 14.3. The minimum Gasteiger partial charge on any atom is -0.378 e. The van der Waals surface area contributed by atoms with Crippen LogP contribution in [0, 0.1) is 0 Å². The molecule has 0 bridgehead atoms. The highest BCUT2D eigenvalue weighted by molar-refractivity contribution is 7.10. The molecule has 0 radical (unpaired) electrons. The molecule has 2 aliphatic heterocycles. The van der Waals surface area contributed by atoms with Crippen LogP contribution in [-0.2, 0) is 9.53 Å². The van der Waals surface area contributed by atoms with E-state index in [-0.39, 0.29) is 11.9 Å². The fourth-order valence-corrected chi connectivity index (χ4v) is 4.83. The number of ether oxygens (including phenoxy) is 1. The lowest BCUT2D eigenvalue weighted by Crippen LogP contribution is -2.47. The number of hydrogen-bond acceptors (Lipinski definition) is 4. The van der Waals surface area contributed by atoms with Crippen LogP contribution < -0.4 is 0 Å². The van der Waals surface area contributed by atoms with Gasteiger partial charge in [-0.1, -0.05) is 36.4 Å². The van der Waals surface area contributed by atoms with Gasteiger partial charge in [0.15, 0.2) is 0 Å². The van der Waals surface area contributed by atoms with Crippen molar-refractivity contribution in [1.82, 2.24) is 9.80 Å². The van der Waals surface area contributed by atoms with E-state index >= 15 is 0 Å². The molecular weight excluding hydrogens is 332 g/mol. The highest BCUT2D eigenvalue weighted by atomic mass is 32.1. The zero-order chi connectivity index (χ0) is 17.1. The first-order chi connectivity index (χ1) is 12.3. The van der Waals surface area contributed by atoms with Gasteiger partial charge in [-0.3, -0.25) is 9.69 Å². The smallest absolute Gasteiger partial charge is 0.244 e. The molecule has 25 heavy (non-hydrogen) atoms. The predicted octanol–water partition coefficient (Wildman–Crippen LogP) is 3.49. The number of carbonyl (C=O) groups is 1. The lowest BCUT2D eigenvalue weighted by molar-refractivity contribution is -0.142. The van der Waals surface area contributed by atoms with Gasteiger partial charge in [0, 0.05) is 24.0 Å². The maximum Gasteiger partial charge on any atom is 0.244 e. The maximum atomic E-state index is 13.4. The summed E-state index contributed by atoms with van der Waals surface area (Å²) < 4.78 is 5.44. The number of hydrogen-bond donors (Lipinski definition) is 0. The van der Waals surface area contributed by atoms with Crippen LogP contribution in [0.4, 0.5) is 0 Å². The Morgan fingerprint density at radius 1 is 1.08 bits per heavy atom. The number of carbonyl (C=O) groups excluding carboxylic acids is 1. The molecule has 0 aliphatic carbocycles. The van der Waals surface area contributed by atoms with Crippen molar-refractivity contribution in [3.63, 3.8) is 0 Å². The minimum absolute atomic E-state index is 0.200. The normalized spacial score (nSPS) is 22.9. The van der Waals surface area contributed by atoms with E-state index in [2.05, 4.69) is 34.5 Å². The molecule has 5 heteroatoms. The van der Waals surface area contributed by atoms with Crippen LogP contribution in [-0.4, -0.2) is 48.6 Å². The summed E-state index contributed by atoms with van der Waals surface area (Å²) in [7, 11) is 0. The van der Waals surface area contributed by atoms with Gasteiger partial charge in [-0.2, -0.15) is 0 Å². The highest BCUT2D eigenvalue weighted by Gasteiger charge is 2.39. The monoisotopic (exact) mass is 356 g/mol. The summed E-state index contributed by atoms with van der Waals surface area (Å²) in [6.07, 6.45) is 2.27. The Hall–Kier alpha value is -1.69. The first kappa shape index (κ1) is 16.8. The van der Waals surface area contributed by atoms with E-state index in [0.29, 0.717) is 32.3 Å². The van der Waals surface area contributed by atoms with Crippen LogP contribution in [0.5, 0.6) is 0 Å². The van der Waals surface area contributed by atoms with E-state index < -0.39 is 0 Å². The fourth-order valence-electron chi connectivity index (χ4n) is 3.95. The van der Waals surface area contributed by atoms with Crippen LogP contribution in [0.25, 0.3) is 0 Å². The predicted molar refractivity (Wildman–Crippen MR) is 99.6 cm³/mol. The first-order valence-electron chi connectivity index (χ1n) is 9.05. The second kappa shape index (κ2) is 7.68. The molecule has 2 fully saturated rings. The molecule has 1 aromatic heterocycles. The molecule has 4 nitrogen and oxygen atoms in total. The second-order valence-corrected chi connectivity index (χ2v) is 7.64. The maximum absolute atomic E-state index is 13.4. The van der Waals surface area contributed by atoms with E-state index in [4.69, 9.17) is 4.74 Å². The second-order valence-electron chi connectivity index (χ2n) is 6.66. The first-order valence-corrected chi connectivity index (χ1v) is 9.93. The van der Waals surface area contributed by atoms with Crippen LogP contribution >= 0.6 is 11.3 Å². The Labute approximate surface area is 153 Å². The van der Waals surface area contributed by atoms with Gasteiger partial charge in [-0.05, 0) is 36.4 Å². The molecule has 2 atom stereocenters. The van der Waals surface area contributed by atoms with Crippen LogP contribution in [0.1, 0.15) is 35.4 Å². The molecule has 0 N–H and O–H groups in total. The average molecular weight is 356 g/mol. The summed E-state index contributed by atoms with van der Waals surface area (Å²) in [5, 5.41) is 2.13. The molecule has 2 aliphatic rings. The SMILES string of the molecule is O=C(C(c1ccccc1)N1CCCC1c1cccs1)N1CCOCC1. The lowest BCUT2D eigenvalue weighted by Gasteiger charge is -2.37. The summed E-state index contributed by atoms with van der Waals surface area (Å²) in [6, 6.07) is 14.7. The van der Waals surface area contributed by atoms with Gasteiger partial charge < -0.3 is 9.64 Å². The summed E-state index contributed by atoms with van der Waals surface area (Å²) in [6.45, 7) is 3.64. The van der Waals surface area contributed by atoms with Crippen molar-refractivity contribution < 1.29 is 9.53 Å². The Bertz CT molecular complexity index is 683. The molecule has 4 rings (SSSR count). The number of likely N-dealkylation sites (tertiary alicyclic amines) is 1. The largest absolute Gasteiger partial charge is 0.378 e. The molecule has 0 spiro atoms. The Morgan fingerprint density at radius 3 is 2.60 bits per heavy atom. The van der Waals surface area contributed by atoms with E-state index in [1.54, 1.807) is 11.3 Å². The van der Waals surface area contributed by atoms with Crippen molar-refractivity contribution in [3.05, 3.63) is 58.3 Å². The number of amides is 1. The van der Waals surface area contributed by atoms with Crippen molar-refractivity contribution in [3.8, 4) is 0 Å². The summed E-state index contributed by atoms with van der Waals surface area (Å²) in [5.41, 5.74) is 1.10. The summed E-state index contributed by atoms with van der Waals surface area (Å²) in [4.78, 5) is 19.2. The third-order valence-electron chi connectivity index (χ3n) is 5.17. The molecule has 1 aromatic carbocycles. The zero-order valence-corrected chi connectivity index (χ0v) is 15.2. The molecule has 2 unspecified atom stereocenters. The molecule has 1 amide bonds. The van der Waals surface area contributed by atoms with Gasteiger partial charge in [0.1, 0.15) is 6.04 Å². The standard InChI is InChI=1S/C20H24N2O2S/c23-20(21-11-13-24-14-12-21)19(16-6-2-1-3-7-16)22-10-4-8-17(22)18-9-5-15-25-18/h1-3,5-7,9,15,17,19H,4,8,10-14H2. The van der Waals surface area contributed by atoms with Gasteiger partial charge in [0.05, 0.1) is 13.2 Å². The van der Waals surface area contributed by atoms with E-state index in [0.717, 1.165) is 24.9 Å². The van der Waals surface area contributed by atoms with Crippen LogP contribution in [0.3, 0.4) is 0 Å². The number of morpholine rings is 1. The van der Waals surface area contributed by atoms with Crippen molar-refractivity contribution in [2.45, 2.75) is 24.9 Å². The van der Waals surface area contributed by atoms with Crippen molar-refractivity contribution >= 4 is 17.2 Å².